The summed E-state index contributed by atoms with van der Waals surface area (Å²) in [5.74, 6) is 0.741. The lowest BCUT2D eigenvalue weighted by molar-refractivity contribution is -0.130. The first-order valence-corrected chi connectivity index (χ1v) is 5.77. The second-order valence-corrected chi connectivity index (χ2v) is 5.19. The van der Waals surface area contributed by atoms with Crippen LogP contribution in [0.4, 0.5) is 0 Å². The predicted octanol–water partition coefficient (Wildman–Crippen LogP) is 0.663. The Kier molecular flexibility index (Phi) is 2.73. The van der Waals surface area contributed by atoms with Gasteiger partial charge in [0.25, 0.3) is 0 Å². The molecule has 0 radical (unpaired) electrons. The number of aliphatic hydroxyl groups is 1. The molecule has 1 aliphatic heterocycles. The molecule has 4 heteroatoms. The van der Waals surface area contributed by atoms with Gasteiger partial charge in [0.05, 0.1) is 12.6 Å². The van der Waals surface area contributed by atoms with Gasteiger partial charge in [-0.1, -0.05) is 6.42 Å². The molecule has 2 fully saturated rings. The highest BCUT2D eigenvalue weighted by Crippen LogP contribution is 2.40. The number of nitrogens with one attached hydrogen (secondary N) is 1. The van der Waals surface area contributed by atoms with Gasteiger partial charge in [-0.3, -0.25) is 9.80 Å². The standard InChI is InChI=1S/C11H20N2O2/c1-8(14)7-13-10(15)6-11(2,12-13)9-4-3-5-9/h8-9,12,14H,3-7H2,1-2H3. The van der Waals surface area contributed by atoms with Crippen molar-refractivity contribution in [1.29, 1.82) is 0 Å². The van der Waals surface area contributed by atoms with Gasteiger partial charge in [0, 0.05) is 12.0 Å². The van der Waals surface area contributed by atoms with Gasteiger partial charge in [-0.05, 0) is 32.6 Å². The molecule has 1 aliphatic carbocycles. The summed E-state index contributed by atoms with van der Waals surface area (Å²) in [5, 5.41) is 10.9. The van der Waals surface area contributed by atoms with E-state index in [1.54, 1.807) is 11.9 Å². The minimum atomic E-state index is -0.467. The van der Waals surface area contributed by atoms with Gasteiger partial charge in [-0.25, -0.2) is 5.43 Å². The zero-order valence-corrected chi connectivity index (χ0v) is 9.49. The Hall–Kier alpha value is -0.610. The van der Waals surface area contributed by atoms with E-state index < -0.39 is 6.10 Å². The number of rotatable bonds is 3. The summed E-state index contributed by atoms with van der Waals surface area (Å²) in [7, 11) is 0. The smallest absolute Gasteiger partial charge is 0.238 e. The van der Waals surface area contributed by atoms with Crippen LogP contribution in [0.3, 0.4) is 0 Å². The average Bonchev–Trinajstić information content (AvgIpc) is 2.21. The van der Waals surface area contributed by atoms with Gasteiger partial charge < -0.3 is 5.11 Å². The fourth-order valence-electron chi connectivity index (χ4n) is 2.51. The van der Waals surface area contributed by atoms with E-state index >= 15 is 0 Å². The molecule has 1 amide bonds. The van der Waals surface area contributed by atoms with Crippen LogP contribution in [0.2, 0.25) is 0 Å². The van der Waals surface area contributed by atoms with Crippen LogP contribution in [-0.4, -0.2) is 34.2 Å². The number of hydrazine groups is 1. The second-order valence-electron chi connectivity index (χ2n) is 5.19. The molecule has 1 heterocycles. The highest BCUT2D eigenvalue weighted by Gasteiger charge is 2.46. The molecule has 1 saturated heterocycles. The van der Waals surface area contributed by atoms with Gasteiger partial charge >= 0.3 is 0 Å². The summed E-state index contributed by atoms with van der Waals surface area (Å²) in [5.41, 5.74) is 3.21. The molecule has 4 nitrogen and oxygen atoms in total. The zero-order chi connectivity index (χ0) is 11.1. The van der Waals surface area contributed by atoms with E-state index in [1.807, 2.05) is 0 Å². The quantitative estimate of drug-likeness (QED) is 0.722. The van der Waals surface area contributed by atoms with Crippen molar-refractivity contribution in [1.82, 2.24) is 10.4 Å². The van der Waals surface area contributed by atoms with E-state index in [0.717, 1.165) is 0 Å². The molecule has 0 bridgehead atoms. The van der Waals surface area contributed by atoms with Crippen LogP contribution in [0.25, 0.3) is 0 Å². The lowest BCUT2D eigenvalue weighted by atomic mass is 9.71. The molecule has 2 atom stereocenters. The highest BCUT2D eigenvalue weighted by molar-refractivity contribution is 5.79. The number of aliphatic hydroxyl groups excluding tert-OH is 1. The minimum absolute atomic E-state index is 0.0653. The van der Waals surface area contributed by atoms with E-state index in [-0.39, 0.29) is 11.4 Å². The van der Waals surface area contributed by atoms with Crippen LogP contribution in [0.5, 0.6) is 0 Å². The van der Waals surface area contributed by atoms with Gasteiger partial charge in [-0.15, -0.1) is 0 Å². The number of carbonyl (C=O) groups is 1. The zero-order valence-electron chi connectivity index (χ0n) is 9.49. The van der Waals surface area contributed by atoms with Crippen LogP contribution in [0.15, 0.2) is 0 Å². The Balaban J connectivity index is 1.98. The maximum Gasteiger partial charge on any atom is 0.238 e. The molecule has 2 unspecified atom stereocenters. The van der Waals surface area contributed by atoms with Gasteiger partial charge in [-0.2, -0.15) is 0 Å². The SMILES string of the molecule is CC(O)CN1NC(C)(C2CCC2)CC1=O. The van der Waals surface area contributed by atoms with Crippen LogP contribution in [-0.2, 0) is 4.79 Å². The van der Waals surface area contributed by atoms with Crippen molar-refractivity contribution in [3.8, 4) is 0 Å². The summed E-state index contributed by atoms with van der Waals surface area (Å²) in [6.07, 6.45) is 3.83. The molecular formula is C11H20N2O2. The van der Waals surface area contributed by atoms with Crippen molar-refractivity contribution in [2.75, 3.05) is 6.54 Å². The number of hydrogen-bond acceptors (Lipinski definition) is 3. The van der Waals surface area contributed by atoms with Crippen LogP contribution in [0.1, 0.15) is 39.5 Å². The fourth-order valence-corrected chi connectivity index (χ4v) is 2.51. The summed E-state index contributed by atoms with van der Waals surface area (Å²) in [6, 6.07) is 0. The first-order valence-electron chi connectivity index (χ1n) is 5.77. The summed E-state index contributed by atoms with van der Waals surface area (Å²) >= 11 is 0. The third-order valence-corrected chi connectivity index (χ3v) is 3.66. The first kappa shape index (κ1) is 10.9. The Labute approximate surface area is 90.6 Å². The van der Waals surface area contributed by atoms with Crippen molar-refractivity contribution >= 4 is 5.91 Å². The van der Waals surface area contributed by atoms with Crippen molar-refractivity contribution in [3.05, 3.63) is 0 Å². The third-order valence-electron chi connectivity index (χ3n) is 3.66. The molecule has 15 heavy (non-hydrogen) atoms. The Morgan fingerprint density at radius 2 is 2.33 bits per heavy atom. The maximum atomic E-state index is 11.7. The Morgan fingerprint density at radius 3 is 2.80 bits per heavy atom. The van der Waals surface area contributed by atoms with E-state index in [2.05, 4.69) is 12.3 Å². The van der Waals surface area contributed by atoms with Crippen LogP contribution in [0, 0.1) is 5.92 Å². The number of nitrogens with zero attached hydrogens (tertiary/aromatic N) is 1. The Morgan fingerprint density at radius 1 is 1.67 bits per heavy atom. The molecule has 0 aromatic carbocycles. The number of β-amino-alcohol motifs (C(OH)–C–C–N with tert-alkyl or cyclic N) is 1. The third kappa shape index (κ3) is 2.01. The summed E-state index contributed by atoms with van der Waals surface area (Å²) in [4.78, 5) is 11.7. The predicted molar refractivity (Wildman–Crippen MR) is 56.9 cm³/mol. The lowest BCUT2D eigenvalue weighted by Crippen LogP contribution is -2.52. The molecular weight excluding hydrogens is 192 g/mol. The summed E-state index contributed by atoms with van der Waals surface area (Å²) < 4.78 is 0. The molecule has 2 aliphatic rings. The fraction of sp³-hybridized carbons (Fsp3) is 0.909. The number of hydrogen-bond donors (Lipinski definition) is 2. The molecule has 0 spiro atoms. The van der Waals surface area contributed by atoms with E-state index in [0.29, 0.717) is 18.9 Å². The molecule has 2 N–H and O–H groups in total. The average molecular weight is 212 g/mol. The molecule has 1 saturated carbocycles. The first-order chi connectivity index (χ1) is 7.01. The molecule has 0 aromatic heterocycles. The van der Waals surface area contributed by atoms with Crippen molar-refractivity contribution in [2.24, 2.45) is 5.92 Å². The van der Waals surface area contributed by atoms with Crippen LogP contribution >= 0.6 is 0 Å². The maximum absolute atomic E-state index is 11.7. The minimum Gasteiger partial charge on any atom is -0.392 e. The Bertz CT molecular complexity index is 263. The van der Waals surface area contributed by atoms with Crippen LogP contribution < -0.4 is 5.43 Å². The largest absolute Gasteiger partial charge is 0.392 e. The number of carbonyl (C=O) groups excluding carboxylic acids is 1. The second kappa shape index (κ2) is 3.76. The normalized spacial score (nSPS) is 34.3. The van der Waals surface area contributed by atoms with Crippen molar-refractivity contribution in [2.45, 2.75) is 51.2 Å². The van der Waals surface area contributed by atoms with E-state index in [9.17, 15) is 9.90 Å². The lowest BCUT2D eigenvalue weighted by Gasteiger charge is -2.40. The molecule has 2 rings (SSSR count). The van der Waals surface area contributed by atoms with E-state index in [4.69, 9.17) is 0 Å². The van der Waals surface area contributed by atoms with E-state index in [1.165, 1.54) is 19.3 Å². The van der Waals surface area contributed by atoms with Gasteiger partial charge in [0.2, 0.25) is 5.91 Å². The molecule has 86 valence electrons. The van der Waals surface area contributed by atoms with Gasteiger partial charge in [0.1, 0.15) is 0 Å². The highest BCUT2D eigenvalue weighted by atomic mass is 16.3. The van der Waals surface area contributed by atoms with Crippen molar-refractivity contribution < 1.29 is 9.90 Å². The van der Waals surface area contributed by atoms with Crippen molar-refractivity contribution in [3.63, 3.8) is 0 Å². The monoisotopic (exact) mass is 212 g/mol. The summed E-state index contributed by atoms with van der Waals surface area (Å²) in [6.45, 7) is 4.21. The van der Waals surface area contributed by atoms with Gasteiger partial charge in [0.15, 0.2) is 0 Å². The molecule has 0 aromatic rings. The number of amides is 1. The topological polar surface area (TPSA) is 52.6 Å².